The van der Waals surface area contributed by atoms with Gasteiger partial charge in [-0.25, -0.2) is 17.9 Å². The van der Waals surface area contributed by atoms with Crippen molar-refractivity contribution < 1.29 is 22.7 Å². The second-order valence-corrected chi connectivity index (χ2v) is 9.04. The zero-order chi connectivity index (χ0) is 21.9. The van der Waals surface area contributed by atoms with Crippen LogP contribution in [-0.2, 0) is 10.0 Å². The van der Waals surface area contributed by atoms with E-state index in [0.29, 0.717) is 11.5 Å². The van der Waals surface area contributed by atoms with Gasteiger partial charge >= 0.3 is 6.03 Å². The number of carbonyl (C=O) groups is 1. The summed E-state index contributed by atoms with van der Waals surface area (Å²) in [5, 5.41) is 5.54. The van der Waals surface area contributed by atoms with Crippen LogP contribution in [0, 0.1) is 6.92 Å². The number of anilines is 1. The van der Waals surface area contributed by atoms with E-state index in [2.05, 4.69) is 15.4 Å². The van der Waals surface area contributed by atoms with Crippen molar-refractivity contribution in [3.8, 4) is 11.5 Å². The van der Waals surface area contributed by atoms with Gasteiger partial charge in [0, 0.05) is 11.6 Å². The summed E-state index contributed by atoms with van der Waals surface area (Å²) in [6, 6.07) is 9.25. The molecule has 3 rings (SSSR count). The molecule has 0 saturated heterocycles. The van der Waals surface area contributed by atoms with Crippen LogP contribution in [0.2, 0.25) is 0 Å². The summed E-state index contributed by atoms with van der Waals surface area (Å²) in [5.74, 6) is 1.03. The molecule has 0 aromatic heterocycles. The highest BCUT2D eigenvalue weighted by molar-refractivity contribution is 7.89. The molecule has 1 aliphatic rings. The third-order valence-electron chi connectivity index (χ3n) is 4.83. The van der Waals surface area contributed by atoms with Crippen LogP contribution in [0.5, 0.6) is 11.5 Å². The molecule has 0 spiro atoms. The number of aryl methyl sites for hydroxylation is 1. The lowest BCUT2D eigenvalue weighted by Crippen LogP contribution is -2.31. The fourth-order valence-electron chi connectivity index (χ4n) is 3.07. The number of benzene rings is 2. The van der Waals surface area contributed by atoms with Crippen molar-refractivity contribution in [3.05, 3.63) is 47.5 Å². The van der Waals surface area contributed by atoms with Crippen LogP contribution in [0.3, 0.4) is 0 Å². The molecule has 0 bridgehead atoms. The van der Waals surface area contributed by atoms with E-state index in [1.54, 1.807) is 7.11 Å². The minimum atomic E-state index is -3.65. The molecular weight excluding hydrogens is 406 g/mol. The summed E-state index contributed by atoms with van der Waals surface area (Å²) < 4.78 is 38.3. The largest absolute Gasteiger partial charge is 0.496 e. The third-order valence-corrected chi connectivity index (χ3v) is 6.35. The lowest BCUT2D eigenvalue weighted by Gasteiger charge is -2.19. The first kappa shape index (κ1) is 21.9. The van der Waals surface area contributed by atoms with Gasteiger partial charge in [0.15, 0.2) is 0 Å². The van der Waals surface area contributed by atoms with Gasteiger partial charge in [-0.05, 0) is 51.0 Å². The van der Waals surface area contributed by atoms with Crippen molar-refractivity contribution in [3.63, 3.8) is 0 Å². The maximum absolute atomic E-state index is 12.6. The fourth-order valence-corrected chi connectivity index (χ4v) is 4.40. The molecule has 162 valence electrons. The molecule has 1 atom stereocenters. The molecule has 2 amide bonds. The van der Waals surface area contributed by atoms with Gasteiger partial charge in [-0.3, -0.25) is 0 Å². The summed E-state index contributed by atoms with van der Waals surface area (Å²) in [4.78, 5) is 12.7. The fraction of sp³-hybridized carbons (Fsp3) is 0.381. The Labute approximate surface area is 177 Å². The standard InChI is InChI=1S/C21H27N3O5S/c1-13-5-9-19(28-3)17(11-13)14(2)22-21(25)23-18-12-16(8-10-20(18)29-4)30(26,27)24-15-6-7-15/h5,8-12,14-15,24H,6-7H2,1-4H3,(H2,22,23,25). The molecule has 0 heterocycles. The van der Waals surface area contributed by atoms with E-state index in [9.17, 15) is 13.2 Å². The summed E-state index contributed by atoms with van der Waals surface area (Å²) in [5.41, 5.74) is 2.14. The molecule has 3 N–H and O–H groups in total. The van der Waals surface area contributed by atoms with Crippen molar-refractivity contribution in [1.29, 1.82) is 0 Å². The zero-order valence-corrected chi connectivity index (χ0v) is 18.3. The van der Waals surface area contributed by atoms with Gasteiger partial charge in [0.1, 0.15) is 11.5 Å². The van der Waals surface area contributed by atoms with Crippen molar-refractivity contribution >= 4 is 21.7 Å². The second-order valence-electron chi connectivity index (χ2n) is 7.32. The molecule has 2 aromatic rings. The number of urea groups is 1. The van der Waals surface area contributed by atoms with Crippen molar-refractivity contribution in [2.24, 2.45) is 0 Å². The predicted molar refractivity (Wildman–Crippen MR) is 115 cm³/mol. The number of carbonyl (C=O) groups excluding carboxylic acids is 1. The monoisotopic (exact) mass is 433 g/mol. The molecule has 1 aliphatic carbocycles. The van der Waals surface area contributed by atoms with Crippen LogP contribution < -0.4 is 24.8 Å². The smallest absolute Gasteiger partial charge is 0.319 e. The number of amides is 2. The van der Waals surface area contributed by atoms with Crippen LogP contribution in [-0.4, -0.2) is 34.7 Å². The average Bonchev–Trinajstić information content (AvgIpc) is 3.51. The summed E-state index contributed by atoms with van der Waals surface area (Å²) in [6.07, 6.45) is 1.67. The van der Waals surface area contributed by atoms with Crippen LogP contribution in [0.4, 0.5) is 10.5 Å². The zero-order valence-electron chi connectivity index (χ0n) is 17.5. The van der Waals surface area contributed by atoms with Gasteiger partial charge in [-0.15, -0.1) is 0 Å². The number of ether oxygens (including phenoxy) is 2. The maximum atomic E-state index is 12.6. The van der Waals surface area contributed by atoms with Crippen molar-refractivity contribution in [1.82, 2.24) is 10.0 Å². The Morgan fingerprint density at radius 1 is 1.07 bits per heavy atom. The molecule has 1 fully saturated rings. The lowest BCUT2D eigenvalue weighted by atomic mass is 10.0. The van der Waals surface area contributed by atoms with Gasteiger partial charge in [0.05, 0.1) is 30.8 Å². The van der Waals surface area contributed by atoms with Gasteiger partial charge in [0.25, 0.3) is 0 Å². The highest BCUT2D eigenvalue weighted by Gasteiger charge is 2.28. The van der Waals surface area contributed by atoms with E-state index in [4.69, 9.17) is 9.47 Å². The lowest BCUT2D eigenvalue weighted by molar-refractivity contribution is 0.249. The Balaban J connectivity index is 1.77. The number of rotatable bonds is 8. The summed E-state index contributed by atoms with van der Waals surface area (Å²) >= 11 is 0. The molecule has 0 radical (unpaired) electrons. The Morgan fingerprint density at radius 3 is 2.37 bits per heavy atom. The average molecular weight is 434 g/mol. The SMILES string of the molecule is COc1ccc(S(=O)(=O)NC2CC2)cc1NC(=O)NC(C)c1cc(C)ccc1OC. The molecule has 0 aliphatic heterocycles. The van der Waals surface area contributed by atoms with Gasteiger partial charge in [-0.2, -0.15) is 0 Å². The molecule has 9 heteroatoms. The number of hydrogen-bond acceptors (Lipinski definition) is 5. The van der Waals surface area contributed by atoms with Crippen LogP contribution in [0.25, 0.3) is 0 Å². The number of methoxy groups -OCH3 is 2. The molecule has 1 unspecified atom stereocenters. The van der Waals surface area contributed by atoms with Gasteiger partial charge in [-0.1, -0.05) is 17.7 Å². The maximum Gasteiger partial charge on any atom is 0.319 e. The van der Waals surface area contributed by atoms with Crippen LogP contribution in [0.1, 0.15) is 36.9 Å². The topological polar surface area (TPSA) is 106 Å². The molecule has 2 aromatic carbocycles. The van der Waals surface area contributed by atoms with Crippen LogP contribution >= 0.6 is 0 Å². The molecule has 8 nitrogen and oxygen atoms in total. The van der Waals surface area contributed by atoms with Crippen molar-refractivity contribution in [2.45, 2.75) is 43.7 Å². The van der Waals surface area contributed by atoms with Crippen LogP contribution in [0.15, 0.2) is 41.3 Å². The predicted octanol–water partition coefficient (Wildman–Crippen LogP) is 3.34. The first-order chi connectivity index (χ1) is 14.2. The Kier molecular flexibility index (Phi) is 6.52. The highest BCUT2D eigenvalue weighted by Crippen LogP contribution is 2.30. The van der Waals surface area contributed by atoms with E-state index >= 15 is 0 Å². The summed E-state index contributed by atoms with van der Waals surface area (Å²) in [6.45, 7) is 3.80. The van der Waals surface area contributed by atoms with Crippen molar-refractivity contribution in [2.75, 3.05) is 19.5 Å². The first-order valence-corrected chi connectivity index (χ1v) is 11.1. The normalized spacial score (nSPS) is 14.7. The second kappa shape index (κ2) is 8.93. The first-order valence-electron chi connectivity index (χ1n) is 9.66. The van der Waals surface area contributed by atoms with E-state index in [-0.39, 0.29) is 22.7 Å². The van der Waals surface area contributed by atoms with Gasteiger partial charge < -0.3 is 20.1 Å². The van der Waals surface area contributed by atoms with E-state index < -0.39 is 16.1 Å². The third kappa shape index (κ3) is 5.22. The quantitative estimate of drug-likeness (QED) is 0.592. The minimum absolute atomic E-state index is 0.0121. The number of hydrogen-bond donors (Lipinski definition) is 3. The Hall–Kier alpha value is -2.78. The summed E-state index contributed by atoms with van der Waals surface area (Å²) in [7, 11) is -0.623. The van der Waals surface area contributed by atoms with E-state index in [1.807, 2.05) is 32.0 Å². The molecular formula is C21H27N3O5S. The molecule has 30 heavy (non-hydrogen) atoms. The number of sulfonamides is 1. The van der Waals surface area contributed by atoms with E-state index in [0.717, 1.165) is 24.0 Å². The number of nitrogens with one attached hydrogen (secondary N) is 3. The highest BCUT2D eigenvalue weighted by atomic mass is 32.2. The minimum Gasteiger partial charge on any atom is -0.496 e. The Bertz CT molecular complexity index is 1030. The van der Waals surface area contributed by atoms with E-state index in [1.165, 1.54) is 25.3 Å². The molecule has 1 saturated carbocycles. The Morgan fingerprint density at radius 2 is 1.73 bits per heavy atom. The van der Waals surface area contributed by atoms with Gasteiger partial charge in [0.2, 0.25) is 10.0 Å².